The van der Waals surface area contributed by atoms with E-state index in [4.69, 9.17) is 0 Å². The number of aromatic nitrogens is 2. The molecule has 1 heterocycles. The molecule has 2 amide bonds. The Morgan fingerprint density at radius 1 is 1.33 bits per heavy atom. The number of nitrogens with one attached hydrogen (secondary N) is 2. The van der Waals surface area contributed by atoms with Gasteiger partial charge in [-0.2, -0.15) is 0 Å². The molecule has 2 N–H and O–H groups in total. The van der Waals surface area contributed by atoms with E-state index in [1.54, 1.807) is 23.3 Å². The molecular formula is C12H18N4O2. The van der Waals surface area contributed by atoms with Gasteiger partial charge in [0.25, 0.3) is 0 Å². The molecule has 0 saturated carbocycles. The second-order valence-corrected chi connectivity index (χ2v) is 2.59. The van der Waals surface area contributed by atoms with Crippen LogP contribution in [0.1, 0.15) is 6.92 Å². The van der Waals surface area contributed by atoms with Gasteiger partial charge in [0.1, 0.15) is 0 Å². The first-order chi connectivity index (χ1) is 8.62. The largest absolute Gasteiger partial charge is 0.336 e. The van der Waals surface area contributed by atoms with Crippen LogP contribution in [-0.4, -0.2) is 21.9 Å². The third-order valence-corrected chi connectivity index (χ3v) is 1.23. The van der Waals surface area contributed by atoms with Crippen LogP contribution in [0.4, 0.5) is 0 Å². The third-order valence-electron chi connectivity index (χ3n) is 1.23. The van der Waals surface area contributed by atoms with Gasteiger partial charge in [0.2, 0.25) is 12.3 Å². The van der Waals surface area contributed by atoms with Gasteiger partial charge < -0.3 is 15.2 Å². The molecule has 1 rings (SSSR count). The van der Waals surface area contributed by atoms with Crippen molar-refractivity contribution in [1.82, 2.24) is 20.2 Å². The van der Waals surface area contributed by atoms with Crippen molar-refractivity contribution < 1.29 is 9.59 Å². The Bertz CT molecular complexity index is 352. The molecule has 6 nitrogen and oxygen atoms in total. The van der Waals surface area contributed by atoms with E-state index in [1.807, 2.05) is 6.20 Å². The second-order valence-electron chi connectivity index (χ2n) is 2.59. The van der Waals surface area contributed by atoms with Crippen molar-refractivity contribution in [2.45, 2.75) is 6.92 Å². The molecule has 0 atom stereocenters. The number of rotatable bonds is 4. The van der Waals surface area contributed by atoms with E-state index in [2.05, 4.69) is 35.4 Å². The van der Waals surface area contributed by atoms with Gasteiger partial charge in [0, 0.05) is 25.5 Å². The predicted octanol–water partition coefficient (Wildman–Crippen LogP) is 1.13. The first-order valence-corrected chi connectivity index (χ1v) is 4.90. The summed E-state index contributed by atoms with van der Waals surface area (Å²) >= 11 is 0. The SMILES string of the molecule is C=CNC(C)=O.C=CNC=O.C=Cn1ccnc1. The minimum absolute atomic E-state index is 0.0787. The smallest absolute Gasteiger partial charge is 0.220 e. The highest BCUT2D eigenvalue weighted by Crippen LogP contribution is 1.81. The average molecular weight is 250 g/mol. The highest BCUT2D eigenvalue weighted by molar-refractivity contribution is 5.73. The Hall–Kier alpha value is -2.63. The second kappa shape index (κ2) is 14.4. The summed E-state index contributed by atoms with van der Waals surface area (Å²) < 4.78 is 1.78. The van der Waals surface area contributed by atoms with Crippen LogP contribution in [0.3, 0.4) is 0 Å². The van der Waals surface area contributed by atoms with Crippen LogP contribution in [0, 0.1) is 0 Å². The third kappa shape index (κ3) is 15.8. The maximum Gasteiger partial charge on any atom is 0.220 e. The normalized spacial score (nSPS) is 7.17. The molecule has 6 heteroatoms. The fraction of sp³-hybridized carbons (Fsp3) is 0.0833. The Morgan fingerprint density at radius 3 is 2.11 bits per heavy atom. The average Bonchev–Trinajstić information content (AvgIpc) is 2.84. The van der Waals surface area contributed by atoms with Crippen molar-refractivity contribution in [3.8, 4) is 0 Å². The molecule has 0 saturated heterocycles. The first-order valence-electron chi connectivity index (χ1n) is 4.90. The molecule has 0 aromatic carbocycles. The lowest BCUT2D eigenvalue weighted by molar-refractivity contribution is -0.118. The van der Waals surface area contributed by atoms with Crippen LogP contribution < -0.4 is 10.6 Å². The Balaban J connectivity index is 0. The van der Waals surface area contributed by atoms with Crippen molar-refractivity contribution >= 4 is 18.5 Å². The van der Waals surface area contributed by atoms with Crippen LogP contribution in [0.15, 0.2) is 50.9 Å². The molecule has 0 aliphatic rings. The van der Waals surface area contributed by atoms with Crippen molar-refractivity contribution in [1.29, 1.82) is 0 Å². The standard InChI is InChI=1S/C5H6N2.C4H7NO.C3H5NO/c1-2-7-4-3-6-5-7;1-3-5-4(2)6;1-2-4-3-5/h2-5H,1H2;3H,1H2,2H3,(H,5,6);2-3H,1H2,(H,4,5). The Morgan fingerprint density at radius 2 is 2.00 bits per heavy atom. The zero-order valence-electron chi connectivity index (χ0n) is 10.4. The number of nitrogens with zero attached hydrogens (tertiary/aromatic N) is 2. The van der Waals surface area contributed by atoms with Gasteiger partial charge in [0.05, 0.1) is 6.33 Å². The van der Waals surface area contributed by atoms with Gasteiger partial charge in [-0.1, -0.05) is 19.7 Å². The Kier molecular flexibility index (Phi) is 14.2. The van der Waals surface area contributed by atoms with E-state index >= 15 is 0 Å². The monoisotopic (exact) mass is 250 g/mol. The highest BCUT2D eigenvalue weighted by atomic mass is 16.1. The molecule has 1 aromatic heterocycles. The summed E-state index contributed by atoms with van der Waals surface area (Å²) in [5.74, 6) is -0.0787. The van der Waals surface area contributed by atoms with Gasteiger partial charge in [0.15, 0.2) is 0 Å². The van der Waals surface area contributed by atoms with Crippen LogP contribution in [0.2, 0.25) is 0 Å². The van der Waals surface area contributed by atoms with E-state index in [1.165, 1.54) is 19.3 Å². The minimum atomic E-state index is -0.0787. The van der Waals surface area contributed by atoms with E-state index in [9.17, 15) is 9.59 Å². The van der Waals surface area contributed by atoms with Gasteiger partial charge in [-0.3, -0.25) is 9.59 Å². The molecule has 0 spiro atoms. The molecule has 1 aromatic rings. The maximum absolute atomic E-state index is 9.86. The van der Waals surface area contributed by atoms with Crippen molar-refractivity contribution in [3.63, 3.8) is 0 Å². The zero-order chi connectivity index (χ0) is 14.2. The van der Waals surface area contributed by atoms with E-state index < -0.39 is 0 Å². The molecule has 0 radical (unpaired) electrons. The predicted molar refractivity (Wildman–Crippen MR) is 72.0 cm³/mol. The van der Waals surface area contributed by atoms with Gasteiger partial charge in [-0.15, -0.1) is 0 Å². The van der Waals surface area contributed by atoms with Crippen LogP contribution in [0.25, 0.3) is 6.20 Å². The minimum Gasteiger partial charge on any atom is -0.336 e. The summed E-state index contributed by atoms with van der Waals surface area (Å²) in [6.45, 7) is 11.4. The van der Waals surface area contributed by atoms with Crippen molar-refractivity contribution in [2.75, 3.05) is 0 Å². The molecule has 0 aliphatic heterocycles. The number of amides is 2. The lowest BCUT2D eigenvalue weighted by Gasteiger charge is -1.83. The van der Waals surface area contributed by atoms with Crippen LogP contribution >= 0.6 is 0 Å². The fourth-order valence-electron chi connectivity index (χ4n) is 0.569. The summed E-state index contributed by atoms with van der Waals surface area (Å²) in [5.41, 5.74) is 0. The lowest BCUT2D eigenvalue weighted by Crippen LogP contribution is -2.10. The van der Waals surface area contributed by atoms with E-state index in [0.717, 1.165) is 0 Å². The number of imidazole rings is 1. The fourth-order valence-corrected chi connectivity index (χ4v) is 0.569. The number of hydrogen-bond donors (Lipinski definition) is 2. The van der Waals surface area contributed by atoms with E-state index in [-0.39, 0.29) is 5.91 Å². The van der Waals surface area contributed by atoms with Crippen molar-refractivity contribution in [3.05, 3.63) is 50.9 Å². The summed E-state index contributed by atoms with van der Waals surface area (Å²) in [5, 5.41) is 4.53. The van der Waals surface area contributed by atoms with Gasteiger partial charge >= 0.3 is 0 Å². The molecule has 0 aliphatic carbocycles. The lowest BCUT2D eigenvalue weighted by atomic mass is 10.7. The summed E-state index contributed by atoms with van der Waals surface area (Å²) in [6, 6.07) is 0. The van der Waals surface area contributed by atoms with Crippen molar-refractivity contribution in [2.24, 2.45) is 0 Å². The molecule has 0 fully saturated rings. The maximum atomic E-state index is 9.86. The van der Waals surface area contributed by atoms with Gasteiger partial charge in [-0.05, 0) is 12.4 Å². The number of carbonyl (C=O) groups is 2. The molecule has 0 unspecified atom stereocenters. The number of carbonyl (C=O) groups excluding carboxylic acids is 2. The molecule has 0 bridgehead atoms. The highest BCUT2D eigenvalue weighted by Gasteiger charge is 1.75. The first kappa shape index (κ1) is 17.8. The quantitative estimate of drug-likeness (QED) is 0.786. The van der Waals surface area contributed by atoms with Crippen LogP contribution in [0.5, 0.6) is 0 Å². The summed E-state index contributed by atoms with van der Waals surface area (Å²) in [6.07, 6.45) is 10.1. The number of hydrogen-bond acceptors (Lipinski definition) is 3. The molecule has 18 heavy (non-hydrogen) atoms. The van der Waals surface area contributed by atoms with E-state index in [0.29, 0.717) is 6.41 Å². The Labute approximate surface area is 107 Å². The topological polar surface area (TPSA) is 76.0 Å². The zero-order valence-corrected chi connectivity index (χ0v) is 10.4. The molecule has 98 valence electrons. The van der Waals surface area contributed by atoms with Gasteiger partial charge in [-0.25, -0.2) is 4.98 Å². The van der Waals surface area contributed by atoms with Crippen LogP contribution in [-0.2, 0) is 9.59 Å². The molecular weight excluding hydrogens is 232 g/mol. The summed E-state index contributed by atoms with van der Waals surface area (Å²) in [4.78, 5) is 22.9. The summed E-state index contributed by atoms with van der Waals surface area (Å²) in [7, 11) is 0.